The molecule has 2 aromatic rings. The minimum Gasteiger partial charge on any atom is -0.507 e. The van der Waals surface area contributed by atoms with Crippen molar-refractivity contribution >= 4 is 15.9 Å². The highest BCUT2D eigenvalue weighted by molar-refractivity contribution is 7.90. The number of sulfonamides is 1. The highest BCUT2D eigenvalue weighted by atomic mass is 32.2. The van der Waals surface area contributed by atoms with Crippen LogP contribution < -0.4 is 15.4 Å². The van der Waals surface area contributed by atoms with E-state index in [0.29, 0.717) is 25.9 Å². The molecule has 0 saturated carbocycles. The topological polar surface area (TPSA) is 128 Å². The summed E-state index contributed by atoms with van der Waals surface area (Å²) in [5, 5.41) is 26.4. The van der Waals surface area contributed by atoms with Crippen LogP contribution in [0.5, 0.6) is 11.5 Å². The minimum atomic E-state index is -4.45. The zero-order valence-corrected chi connectivity index (χ0v) is 20.2. The number of benzene rings is 2. The lowest BCUT2D eigenvalue weighted by Crippen LogP contribution is -2.62. The van der Waals surface area contributed by atoms with E-state index < -0.39 is 44.4 Å². The number of halogens is 1. The van der Waals surface area contributed by atoms with Crippen molar-refractivity contribution in [3.05, 3.63) is 59.4 Å². The van der Waals surface area contributed by atoms with E-state index >= 15 is 4.39 Å². The van der Waals surface area contributed by atoms with E-state index in [1.807, 2.05) is 0 Å². The van der Waals surface area contributed by atoms with Gasteiger partial charge in [0.2, 0.25) is 10.0 Å². The molecule has 2 heterocycles. The van der Waals surface area contributed by atoms with Crippen molar-refractivity contribution in [3.8, 4) is 11.5 Å². The number of β-amino-alcohol motifs (C(OH)–C–C–N with tert-alkyl or cyclic N) is 1. The molecule has 9 nitrogen and oxygen atoms in total. The van der Waals surface area contributed by atoms with E-state index in [2.05, 4.69) is 10.6 Å². The molecule has 0 aliphatic carbocycles. The van der Waals surface area contributed by atoms with Crippen molar-refractivity contribution in [2.24, 2.45) is 5.92 Å². The van der Waals surface area contributed by atoms with Crippen molar-refractivity contribution in [3.63, 3.8) is 0 Å². The van der Waals surface area contributed by atoms with Crippen molar-refractivity contribution < 1.29 is 32.6 Å². The van der Waals surface area contributed by atoms with Gasteiger partial charge in [-0.3, -0.25) is 4.79 Å². The number of nitrogens with zero attached hydrogens (tertiary/aromatic N) is 1. The molecule has 35 heavy (non-hydrogen) atoms. The quantitative estimate of drug-likeness (QED) is 0.447. The maximum absolute atomic E-state index is 15.4. The molecule has 4 N–H and O–H groups in total. The number of carbonyl (C=O) groups is 1. The molecule has 0 spiro atoms. The van der Waals surface area contributed by atoms with E-state index in [4.69, 9.17) is 4.74 Å². The number of ether oxygens (including phenoxy) is 1. The molecular weight excluding hydrogens is 477 g/mol. The molecule has 2 aliphatic rings. The Bertz CT molecular complexity index is 1190. The predicted octanol–water partition coefficient (Wildman–Crippen LogP) is 1.52. The first-order chi connectivity index (χ1) is 16.7. The third kappa shape index (κ3) is 4.49. The van der Waals surface area contributed by atoms with Gasteiger partial charge in [0.1, 0.15) is 22.9 Å². The number of hydrogen-bond donors (Lipinski definition) is 4. The van der Waals surface area contributed by atoms with Gasteiger partial charge in [0, 0.05) is 24.6 Å². The van der Waals surface area contributed by atoms with Crippen LogP contribution in [0.25, 0.3) is 0 Å². The Kier molecular flexibility index (Phi) is 7.32. The van der Waals surface area contributed by atoms with E-state index in [-0.39, 0.29) is 36.4 Å². The van der Waals surface area contributed by atoms with E-state index in [9.17, 15) is 23.4 Å². The number of aromatic hydroxyl groups is 1. The molecule has 0 bridgehead atoms. The van der Waals surface area contributed by atoms with Crippen LogP contribution >= 0.6 is 0 Å². The lowest BCUT2D eigenvalue weighted by atomic mass is 9.84. The normalized spacial score (nSPS) is 21.4. The predicted molar refractivity (Wildman–Crippen MR) is 127 cm³/mol. The number of aliphatic hydroxyl groups is 1. The van der Waals surface area contributed by atoms with Crippen LogP contribution in [0.3, 0.4) is 0 Å². The molecule has 0 radical (unpaired) electrons. The van der Waals surface area contributed by atoms with Crippen LogP contribution in [-0.2, 0) is 14.9 Å². The van der Waals surface area contributed by atoms with Crippen LogP contribution in [0.15, 0.2) is 42.5 Å². The zero-order chi connectivity index (χ0) is 25.2. The standard InChI is InChI=1S/C24H30FN3O6S/c1-34-21-8-4-7-20(30)22(21)23(31)27-24(16-9-12-26-13-10-16,18-5-2-3-6-19(18)25)35(32,33)28-14-11-17(29)15-28/h2-8,16-17,26,29-30H,9-15H2,1H3,(H,27,31). The number of nitrogens with one attached hydrogen (secondary N) is 2. The van der Waals surface area contributed by atoms with Crippen LogP contribution in [-0.4, -0.2) is 68.2 Å². The molecule has 2 aliphatic heterocycles. The second-order valence-electron chi connectivity index (χ2n) is 8.85. The van der Waals surface area contributed by atoms with Gasteiger partial charge in [-0.2, -0.15) is 4.31 Å². The fourth-order valence-electron chi connectivity index (χ4n) is 5.08. The van der Waals surface area contributed by atoms with Gasteiger partial charge in [0.15, 0.2) is 4.87 Å². The summed E-state index contributed by atoms with van der Waals surface area (Å²) in [5.74, 6) is -2.74. The lowest BCUT2D eigenvalue weighted by molar-refractivity contribution is 0.0877. The first-order valence-corrected chi connectivity index (χ1v) is 13.0. The molecule has 4 rings (SSSR count). The summed E-state index contributed by atoms with van der Waals surface area (Å²) in [5.41, 5.74) is -0.433. The van der Waals surface area contributed by atoms with Gasteiger partial charge in [0.25, 0.3) is 5.91 Å². The smallest absolute Gasteiger partial charge is 0.260 e. The Morgan fingerprint density at radius 3 is 2.51 bits per heavy atom. The molecule has 2 aromatic carbocycles. The van der Waals surface area contributed by atoms with Crippen molar-refractivity contribution in [1.82, 2.24) is 14.9 Å². The number of phenolic OH excluding ortho intramolecular Hbond substituents is 1. The Hall–Kier alpha value is -2.73. The molecule has 11 heteroatoms. The highest BCUT2D eigenvalue weighted by Crippen LogP contribution is 2.44. The Balaban J connectivity index is 1.95. The third-order valence-electron chi connectivity index (χ3n) is 6.81. The molecule has 2 fully saturated rings. The first-order valence-electron chi connectivity index (χ1n) is 11.5. The number of rotatable bonds is 7. The molecule has 2 saturated heterocycles. The van der Waals surface area contributed by atoms with Gasteiger partial charge in [-0.05, 0) is 50.6 Å². The summed E-state index contributed by atoms with van der Waals surface area (Å²) >= 11 is 0. The third-order valence-corrected chi connectivity index (χ3v) is 9.29. The maximum atomic E-state index is 15.4. The molecule has 0 aromatic heterocycles. The number of phenols is 1. The largest absolute Gasteiger partial charge is 0.507 e. The molecule has 1 amide bonds. The van der Waals surface area contributed by atoms with Crippen molar-refractivity contribution in [2.45, 2.75) is 30.2 Å². The summed E-state index contributed by atoms with van der Waals surface area (Å²) in [4.78, 5) is 11.5. The maximum Gasteiger partial charge on any atom is 0.260 e. The van der Waals surface area contributed by atoms with Gasteiger partial charge in [-0.15, -0.1) is 0 Å². The van der Waals surface area contributed by atoms with Gasteiger partial charge in [0.05, 0.1) is 13.2 Å². The number of piperidine rings is 1. The van der Waals surface area contributed by atoms with Crippen molar-refractivity contribution in [1.29, 1.82) is 0 Å². The molecule has 2 atom stereocenters. The molecular formula is C24H30FN3O6S. The monoisotopic (exact) mass is 507 g/mol. The van der Waals surface area contributed by atoms with Crippen LogP contribution in [0.1, 0.15) is 35.2 Å². The highest BCUT2D eigenvalue weighted by Gasteiger charge is 2.57. The second kappa shape index (κ2) is 10.1. The van der Waals surface area contributed by atoms with Crippen LogP contribution in [0, 0.1) is 11.7 Å². The summed E-state index contributed by atoms with van der Waals surface area (Å²) in [6, 6.07) is 9.75. The summed E-state index contributed by atoms with van der Waals surface area (Å²) in [6.45, 7) is 0.851. The number of hydrogen-bond acceptors (Lipinski definition) is 7. The van der Waals surface area contributed by atoms with E-state index in [1.54, 1.807) is 0 Å². The summed E-state index contributed by atoms with van der Waals surface area (Å²) in [7, 11) is -3.13. The summed E-state index contributed by atoms with van der Waals surface area (Å²) < 4.78 is 50.6. The van der Waals surface area contributed by atoms with Gasteiger partial charge in [-0.25, -0.2) is 12.8 Å². The van der Waals surface area contributed by atoms with Crippen LogP contribution in [0.2, 0.25) is 0 Å². The van der Waals surface area contributed by atoms with E-state index in [1.165, 1.54) is 43.5 Å². The molecule has 190 valence electrons. The number of amides is 1. The van der Waals surface area contributed by atoms with Gasteiger partial charge in [-0.1, -0.05) is 24.3 Å². The van der Waals surface area contributed by atoms with E-state index in [0.717, 1.165) is 10.4 Å². The fraction of sp³-hybridized carbons (Fsp3) is 0.458. The van der Waals surface area contributed by atoms with Gasteiger partial charge < -0.3 is 25.6 Å². The van der Waals surface area contributed by atoms with Crippen LogP contribution in [0.4, 0.5) is 4.39 Å². The Labute approximate surface area is 204 Å². The number of carbonyl (C=O) groups excluding carboxylic acids is 1. The average molecular weight is 508 g/mol. The summed E-state index contributed by atoms with van der Waals surface area (Å²) in [6.07, 6.45) is 0.0785. The number of methoxy groups -OCH3 is 1. The lowest BCUT2D eigenvalue weighted by Gasteiger charge is -2.44. The average Bonchev–Trinajstić information content (AvgIpc) is 3.30. The Morgan fingerprint density at radius 2 is 1.89 bits per heavy atom. The van der Waals surface area contributed by atoms with Gasteiger partial charge >= 0.3 is 0 Å². The van der Waals surface area contributed by atoms with Crippen molar-refractivity contribution in [2.75, 3.05) is 33.3 Å². The zero-order valence-electron chi connectivity index (χ0n) is 19.4. The molecule has 2 unspecified atom stereocenters. The number of aliphatic hydroxyl groups excluding tert-OH is 1. The second-order valence-corrected chi connectivity index (χ2v) is 11.0. The minimum absolute atomic E-state index is 0.0421. The fourth-order valence-corrected chi connectivity index (χ4v) is 7.52. The first kappa shape index (κ1) is 25.4. The SMILES string of the molecule is COc1cccc(O)c1C(=O)NC(c1ccccc1F)(C1CCNCC1)S(=O)(=O)N1CCC(O)C1. The Morgan fingerprint density at radius 1 is 1.17 bits per heavy atom.